The van der Waals surface area contributed by atoms with Gasteiger partial charge in [0.05, 0.1) is 45.4 Å². The van der Waals surface area contributed by atoms with Gasteiger partial charge in [-0.25, -0.2) is 4.98 Å². The SMILES string of the molecule is Cc1sc2c(c1C)C(c1ccc(Cl)cc1)=N[C@@H](CC(=O)Cc1ccc(OCCOCCOCCOCCNc3ccc(-c4ccc5c(c4)CC(=O)C5)c(C(=O)CC(C)C)n3)cc1)c1nnc(C)n1-2. The number of aromatic nitrogens is 4. The summed E-state index contributed by atoms with van der Waals surface area (Å²) in [5, 5.41) is 13.9. The van der Waals surface area contributed by atoms with E-state index in [0.717, 1.165) is 61.0 Å². The molecule has 0 amide bonds. The van der Waals surface area contributed by atoms with E-state index < -0.39 is 6.04 Å². The maximum atomic E-state index is 13.7. The Bertz CT molecular complexity index is 2800. The zero-order valence-electron chi connectivity index (χ0n) is 39.2. The van der Waals surface area contributed by atoms with E-state index >= 15 is 0 Å². The molecule has 0 radical (unpaired) electrons. The lowest BCUT2D eigenvalue weighted by Crippen LogP contribution is -2.16. The molecule has 354 valence electrons. The Hall–Kier alpha value is -5.90. The molecule has 0 unspecified atom stereocenters. The molecular formula is C53H57ClN6O7S. The quantitative estimate of drug-likeness (QED) is 0.0482. The molecule has 1 N–H and O–H groups in total. The number of rotatable bonds is 23. The van der Waals surface area contributed by atoms with Crippen LogP contribution in [0.2, 0.25) is 5.02 Å². The van der Waals surface area contributed by atoms with Crippen LogP contribution in [0, 0.1) is 26.7 Å². The number of fused-ring (bicyclic) bond motifs is 4. The van der Waals surface area contributed by atoms with Crippen LogP contribution in [-0.4, -0.2) is 95.6 Å². The third-order valence-corrected chi connectivity index (χ3v) is 13.4. The number of nitrogens with zero attached hydrogens (tertiary/aromatic N) is 5. The van der Waals surface area contributed by atoms with Crippen molar-refractivity contribution in [3.8, 4) is 21.9 Å². The van der Waals surface area contributed by atoms with Gasteiger partial charge >= 0.3 is 0 Å². The number of thiophene rings is 1. The number of aliphatic imine (C=N–C) groups is 1. The first-order valence-electron chi connectivity index (χ1n) is 23.2. The molecule has 1 aliphatic carbocycles. The number of benzene rings is 3. The summed E-state index contributed by atoms with van der Waals surface area (Å²) >= 11 is 7.94. The number of aryl methyl sites for hydroxylation is 2. The average molecular weight is 958 g/mol. The summed E-state index contributed by atoms with van der Waals surface area (Å²) in [4.78, 5) is 50.1. The van der Waals surface area contributed by atoms with Crippen LogP contribution in [0.3, 0.4) is 0 Å². The molecule has 1 aliphatic heterocycles. The fraction of sp³-hybridized carbons (Fsp3) is 0.377. The first kappa shape index (κ1) is 48.6. The van der Waals surface area contributed by atoms with Gasteiger partial charge in [0.2, 0.25) is 0 Å². The predicted molar refractivity (Wildman–Crippen MR) is 265 cm³/mol. The zero-order valence-corrected chi connectivity index (χ0v) is 40.8. The number of carbonyl (C=O) groups is 3. The number of carbonyl (C=O) groups excluding carboxylic acids is 3. The molecule has 0 bridgehead atoms. The second-order valence-corrected chi connectivity index (χ2v) is 19.2. The maximum Gasteiger partial charge on any atom is 0.182 e. The van der Waals surface area contributed by atoms with Crippen molar-refractivity contribution in [1.82, 2.24) is 19.7 Å². The van der Waals surface area contributed by atoms with Gasteiger partial charge in [-0.3, -0.25) is 23.9 Å². The summed E-state index contributed by atoms with van der Waals surface area (Å²) < 4.78 is 25.0. The monoisotopic (exact) mass is 956 g/mol. The Kier molecular flexibility index (Phi) is 16.0. The maximum absolute atomic E-state index is 13.7. The lowest BCUT2D eigenvalue weighted by Gasteiger charge is -2.14. The molecule has 2 aliphatic rings. The van der Waals surface area contributed by atoms with Gasteiger partial charge in [-0.2, -0.15) is 0 Å². The minimum atomic E-state index is -0.515. The molecule has 6 aromatic rings. The second-order valence-electron chi connectivity index (χ2n) is 17.6. The molecule has 3 aromatic carbocycles. The molecule has 0 saturated carbocycles. The summed E-state index contributed by atoms with van der Waals surface area (Å²) in [7, 11) is 0. The molecule has 0 spiro atoms. The lowest BCUT2D eigenvalue weighted by molar-refractivity contribution is -0.119. The molecule has 15 heteroatoms. The van der Waals surface area contributed by atoms with Crippen LogP contribution in [0.1, 0.15) is 93.1 Å². The zero-order chi connectivity index (χ0) is 47.7. The molecule has 13 nitrogen and oxygen atoms in total. The van der Waals surface area contributed by atoms with Crippen LogP contribution >= 0.6 is 22.9 Å². The molecule has 0 fully saturated rings. The predicted octanol–water partition coefficient (Wildman–Crippen LogP) is 9.50. The van der Waals surface area contributed by atoms with E-state index in [2.05, 4.69) is 33.9 Å². The van der Waals surface area contributed by atoms with Crippen LogP contribution in [0.4, 0.5) is 5.82 Å². The van der Waals surface area contributed by atoms with Crippen LogP contribution in [-0.2, 0) is 43.1 Å². The molecule has 68 heavy (non-hydrogen) atoms. The number of ketones is 3. The number of ether oxygens (including phenoxy) is 4. The number of hydrogen-bond donors (Lipinski definition) is 1. The normalized spacial score (nSPS) is 14.1. The standard InChI is InChI=1S/C53H57ClN6O7S/c1-32(2)26-47(63)51-45(39-9-8-38-29-43(62)30-40(38)28-39)16-17-48(57-51)55-18-19-64-20-21-65-22-23-66-24-25-67-44-14-6-36(7-15-44)27-42(61)31-46-52-59-58-35(5)60(52)53-49(33(3)34(4)68-53)50(56-46)37-10-12-41(54)13-11-37/h6-17,28,32,46H,18-27,29-31H2,1-5H3,(H,55,57)/t46-/m0/s1. The van der Waals surface area contributed by atoms with Crippen molar-refractivity contribution >= 4 is 51.8 Å². The van der Waals surface area contributed by atoms with Crippen molar-refractivity contribution in [3.63, 3.8) is 0 Å². The summed E-state index contributed by atoms with van der Waals surface area (Å²) in [6, 6.07) is 24.5. The Morgan fingerprint density at radius 3 is 2.25 bits per heavy atom. The highest BCUT2D eigenvalue weighted by molar-refractivity contribution is 7.15. The fourth-order valence-corrected chi connectivity index (χ4v) is 9.79. The fourth-order valence-electron chi connectivity index (χ4n) is 8.45. The summed E-state index contributed by atoms with van der Waals surface area (Å²) in [6.07, 6.45) is 1.73. The van der Waals surface area contributed by atoms with E-state index in [0.29, 0.717) is 100 Å². The number of hydrogen-bond acceptors (Lipinski definition) is 13. The van der Waals surface area contributed by atoms with Crippen molar-refractivity contribution in [2.45, 2.75) is 72.8 Å². The highest BCUT2D eigenvalue weighted by Crippen LogP contribution is 2.40. The van der Waals surface area contributed by atoms with Gasteiger partial charge in [-0.15, -0.1) is 21.5 Å². The number of halogens is 1. The molecule has 0 saturated heterocycles. The first-order chi connectivity index (χ1) is 32.9. The van der Waals surface area contributed by atoms with E-state index in [9.17, 15) is 14.4 Å². The third-order valence-electron chi connectivity index (χ3n) is 11.9. The largest absolute Gasteiger partial charge is 0.491 e. The summed E-state index contributed by atoms with van der Waals surface area (Å²) in [5.41, 5.74) is 9.01. The topological polar surface area (TPSA) is 156 Å². The molecule has 8 rings (SSSR count). The Morgan fingerprint density at radius 1 is 0.824 bits per heavy atom. The second kappa shape index (κ2) is 22.5. The van der Waals surface area contributed by atoms with E-state index in [1.54, 1.807) is 11.3 Å². The summed E-state index contributed by atoms with van der Waals surface area (Å²) in [5.74, 6) is 3.16. The third kappa shape index (κ3) is 11.8. The van der Waals surface area contributed by atoms with Crippen molar-refractivity contribution in [3.05, 3.63) is 139 Å². The van der Waals surface area contributed by atoms with Crippen LogP contribution in [0.5, 0.6) is 5.75 Å². The van der Waals surface area contributed by atoms with E-state index in [1.807, 2.05) is 99.6 Å². The van der Waals surface area contributed by atoms with Gasteiger partial charge in [0, 0.05) is 65.2 Å². The number of nitrogens with one attached hydrogen (secondary N) is 1. The van der Waals surface area contributed by atoms with Gasteiger partial charge in [0.15, 0.2) is 11.6 Å². The highest BCUT2D eigenvalue weighted by atomic mass is 35.5. The highest BCUT2D eigenvalue weighted by Gasteiger charge is 2.32. The molecule has 1 atom stereocenters. The minimum Gasteiger partial charge on any atom is -0.491 e. The van der Waals surface area contributed by atoms with Crippen molar-refractivity contribution in [2.75, 3.05) is 58.1 Å². The van der Waals surface area contributed by atoms with Crippen molar-refractivity contribution in [1.29, 1.82) is 0 Å². The van der Waals surface area contributed by atoms with Crippen LogP contribution < -0.4 is 10.1 Å². The molecule has 4 heterocycles. The van der Waals surface area contributed by atoms with Crippen molar-refractivity contribution in [2.24, 2.45) is 10.9 Å². The van der Waals surface area contributed by atoms with Gasteiger partial charge in [0.1, 0.15) is 52.3 Å². The lowest BCUT2D eigenvalue weighted by atomic mass is 9.95. The van der Waals surface area contributed by atoms with E-state index in [1.165, 1.54) is 4.88 Å². The van der Waals surface area contributed by atoms with E-state index in [-0.39, 0.29) is 36.1 Å². The Morgan fingerprint density at radius 2 is 1.51 bits per heavy atom. The summed E-state index contributed by atoms with van der Waals surface area (Å²) in [6.45, 7) is 13.6. The van der Waals surface area contributed by atoms with Crippen LogP contribution in [0.15, 0.2) is 83.9 Å². The number of anilines is 1. The van der Waals surface area contributed by atoms with E-state index in [4.69, 9.17) is 40.5 Å². The number of pyridine rings is 1. The van der Waals surface area contributed by atoms with Gasteiger partial charge in [0.25, 0.3) is 0 Å². The number of Topliss-reactive ketones (excluding diaryl/α,β-unsaturated/α-hetero) is 3. The molecular weight excluding hydrogens is 900 g/mol. The van der Waals surface area contributed by atoms with Crippen LogP contribution in [0.25, 0.3) is 16.1 Å². The molecule has 3 aromatic heterocycles. The Labute approximate surface area is 406 Å². The minimum absolute atomic E-state index is 0.00804. The Balaban J connectivity index is 0.719. The smallest absolute Gasteiger partial charge is 0.182 e. The first-order valence-corrected chi connectivity index (χ1v) is 24.4. The average Bonchev–Trinajstić information content (AvgIpc) is 3.96. The van der Waals surface area contributed by atoms with Gasteiger partial charge in [-0.05, 0) is 90.9 Å². The van der Waals surface area contributed by atoms with Gasteiger partial charge in [-0.1, -0.05) is 67.9 Å². The van der Waals surface area contributed by atoms with Gasteiger partial charge < -0.3 is 24.3 Å². The van der Waals surface area contributed by atoms with Crippen molar-refractivity contribution < 1.29 is 33.3 Å².